The van der Waals surface area contributed by atoms with Crippen LogP contribution in [0.4, 0.5) is 9.18 Å². The van der Waals surface area contributed by atoms with E-state index in [0.717, 1.165) is 11.4 Å². The summed E-state index contributed by atoms with van der Waals surface area (Å²) in [6.45, 7) is 1.01. The molecule has 1 fully saturated rings. The van der Waals surface area contributed by atoms with Crippen LogP contribution in [0.25, 0.3) is 0 Å². The van der Waals surface area contributed by atoms with Gasteiger partial charge in [0.15, 0.2) is 0 Å². The first-order valence-corrected chi connectivity index (χ1v) is 5.69. The highest BCUT2D eigenvalue weighted by molar-refractivity contribution is 7.09. The fourth-order valence-electron chi connectivity index (χ4n) is 1.36. The van der Waals surface area contributed by atoms with Crippen LogP contribution in [0.3, 0.4) is 0 Å². The van der Waals surface area contributed by atoms with E-state index in [4.69, 9.17) is 0 Å². The van der Waals surface area contributed by atoms with Crippen LogP contribution in [0, 0.1) is 0 Å². The average Bonchev–Trinajstić information content (AvgIpc) is 2.65. The molecule has 0 bridgehead atoms. The minimum atomic E-state index is -0.838. The summed E-state index contributed by atoms with van der Waals surface area (Å²) in [6, 6.07) is -0.180. The standard InChI is InChI=1S/C9H12FN3OS/c10-7-5-13(6-7)9(14)12-2-1-8-11-3-4-15-8/h3-4,7H,1-2,5-6H2,(H,12,14). The lowest BCUT2D eigenvalue weighted by Crippen LogP contribution is -2.55. The summed E-state index contributed by atoms with van der Waals surface area (Å²) in [4.78, 5) is 16.9. The predicted molar refractivity (Wildman–Crippen MR) is 55.7 cm³/mol. The Morgan fingerprint density at radius 3 is 3.13 bits per heavy atom. The number of urea groups is 1. The summed E-state index contributed by atoms with van der Waals surface area (Å²) < 4.78 is 12.4. The Labute approximate surface area is 91.1 Å². The number of hydrogen-bond donors (Lipinski definition) is 1. The molecule has 0 aromatic carbocycles. The van der Waals surface area contributed by atoms with Crippen molar-refractivity contribution in [2.75, 3.05) is 19.6 Å². The summed E-state index contributed by atoms with van der Waals surface area (Å²) in [5.74, 6) is 0. The Morgan fingerprint density at radius 1 is 1.73 bits per heavy atom. The van der Waals surface area contributed by atoms with Crippen LogP contribution >= 0.6 is 11.3 Å². The zero-order chi connectivity index (χ0) is 10.7. The third-order valence-corrected chi connectivity index (χ3v) is 3.06. The quantitative estimate of drug-likeness (QED) is 0.842. The van der Waals surface area contributed by atoms with E-state index >= 15 is 0 Å². The fraction of sp³-hybridized carbons (Fsp3) is 0.556. The normalized spacial score (nSPS) is 16.2. The number of thiazole rings is 1. The van der Waals surface area contributed by atoms with Crippen molar-refractivity contribution in [3.8, 4) is 0 Å². The third kappa shape index (κ3) is 2.65. The number of carbonyl (C=O) groups excluding carboxylic acids is 1. The highest BCUT2D eigenvalue weighted by Crippen LogP contribution is 2.10. The molecule has 2 rings (SSSR count). The molecule has 6 heteroatoms. The Bertz CT molecular complexity index is 324. The second-order valence-electron chi connectivity index (χ2n) is 3.41. The van der Waals surface area contributed by atoms with Crippen LogP contribution in [-0.4, -0.2) is 41.7 Å². The van der Waals surface area contributed by atoms with Gasteiger partial charge < -0.3 is 10.2 Å². The van der Waals surface area contributed by atoms with Gasteiger partial charge in [-0.3, -0.25) is 0 Å². The molecule has 0 radical (unpaired) electrons. The van der Waals surface area contributed by atoms with Crippen molar-refractivity contribution in [2.45, 2.75) is 12.6 Å². The first-order chi connectivity index (χ1) is 7.25. The number of rotatable bonds is 3. The van der Waals surface area contributed by atoms with Gasteiger partial charge in [0.05, 0.1) is 18.1 Å². The number of alkyl halides is 1. The number of hydrogen-bond acceptors (Lipinski definition) is 3. The van der Waals surface area contributed by atoms with Gasteiger partial charge in [-0.1, -0.05) is 0 Å². The van der Waals surface area contributed by atoms with Gasteiger partial charge in [-0.05, 0) is 0 Å². The Balaban J connectivity index is 1.64. The molecule has 1 aliphatic heterocycles. The second-order valence-corrected chi connectivity index (χ2v) is 4.39. The molecular formula is C9H12FN3OS. The summed E-state index contributed by atoms with van der Waals surface area (Å²) >= 11 is 1.57. The van der Waals surface area contributed by atoms with Gasteiger partial charge in [0, 0.05) is 24.5 Å². The molecule has 1 aliphatic rings. The minimum Gasteiger partial charge on any atom is -0.338 e. The molecule has 1 aromatic heterocycles. The number of nitrogens with one attached hydrogen (secondary N) is 1. The van der Waals surface area contributed by atoms with Gasteiger partial charge in [-0.25, -0.2) is 14.2 Å². The smallest absolute Gasteiger partial charge is 0.317 e. The number of halogens is 1. The number of carbonyl (C=O) groups is 1. The number of nitrogens with zero attached hydrogens (tertiary/aromatic N) is 2. The highest BCUT2D eigenvalue weighted by atomic mass is 32.1. The lowest BCUT2D eigenvalue weighted by atomic mass is 10.2. The van der Waals surface area contributed by atoms with Gasteiger partial charge in [0.25, 0.3) is 0 Å². The van der Waals surface area contributed by atoms with Crippen LogP contribution in [0.1, 0.15) is 5.01 Å². The molecule has 0 unspecified atom stereocenters. The van der Waals surface area contributed by atoms with Crippen molar-refractivity contribution in [3.05, 3.63) is 16.6 Å². The molecule has 0 spiro atoms. The van der Waals surface area contributed by atoms with Crippen LogP contribution in [0.2, 0.25) is 0 Å². The maximum absolute atomic E-state index is 12.4. The van der Waals surface area contributed by atoms with Crippen molar-refractivity contribution < 1.29 is 9.18 Å². The zero-order valence-electron chi connectivity index (χ0n) is 8.15. The van der Waals surface area contributed by atoms with Crippen molar-refractivity contribution in [2.24, 2.45) is 0 Å². The lowest BCUT2D eigenvalue weighted by Gasteiger charge is -2.34. The molecule has 2 amide bonds. The van der Waals surface area contributed by atoms with E-state index in [9.17, 15) is 9.18 Å². The van der Waals surface area contributed by atoms with Crippen LogP contribution in [-0.2, 0) is 6.42 Å². The van der Waals surface area contributed by atoms with Gasteiger partial charge >= 0.3 is 6.03 Å². The van der Waals surface area contributed by atoms with Crippen LogP contribution in [0.15, 0.2) is 11.6 Å². The molecular weight excluding hydrogens is 217 g/mol. The van der Waals surface area contributed by atoms with E-state index in [1.165, 1.54) is 4.90 Å². The summed E-state index contributed by atoms with van der Waals surface area (Å²) in [6.07, 6.45) is 1.64. The first-order valence-electron chi connectivity index (χ1n) is 4.81. The molecule has 1 aromatic rings. The van der Waals surface area contributed by atoms with Crippen molar-refractivity contribution in [3.63, 3.8) is 0 Å². The number of amides is 2. The van der Waals surface area contributed by atoms with Gasteiger partial charge in [-0.2, -0.15) is 0 Å². The molecule has 1 N–H and O–H groups in total. The van der Waals surface area contributed by atoms with Gasteiger partial charge in [0.1, 0.15) is 6.17 Å². The van der Waals surface area contributed by atoms with E-state index in [-0.39, 0.29) is 19.1 Å². The minimum absolute atomic E-state index is 0.180. The SMILES string of the molecule is O=C(NCCc1nccs1)N1CC(F)C1. The predicted octanol–water partition coefficient (Wildman–Crippen LogP) is 1.05. The fourth-order valence-corrected chi connectivity index (χ4v) is 1.98. The summed E-state index contributed by atoms with van der Waals surface area (Å²) in [7, 11) is 0. The van der Waals surface area contributed by atoms with Crippen molar-refractivity contribution >= 4 is 17.4 Å². The molecule has 15 heavy (non-hydrogen) atoms. The largest absolute Gasteiger partial charge is 0.338 e. The molecule has 0 saturated carbocycles. The van der Waals surface area contributed by atoms with Gasteiger partial charge in [-0.15, -0.1) is 11.3 Å². The van der Waals surface area contributed by atoms with E-state index in [2.05, 4.69) is 10.3 Å². The lowest BCUT2D eigenvalue weighted by molar-refractivity contribution is 0.0900. The maximum Gasteiger partial charge on any atom is 0.317 e. The van der Waals surface area contributed by atoms with Crippen LogP contribution in [0.5, 0.6) is 0 Å². The Kier molecular flexibility index (Phi) is 3.15. The van der Waals surface area contributed by atoms with E-state index in [1.54, 1.807) is 17.5 Å². The van der Waals surface area contributed by atoms with Crippen LogP contribution < -0.4 is 5.32 Å². The molecule has 1 saturated heterocycles. The number of likely N-dealkylation sites (tertiary alicyclic amines) is 1. The summed E-state index contributed by atoms with van der Waals surface area (Å²) in [5, 5.41) is 5.64. The van der Waals surface area contributed by atoms with Gasteiger partial charge in [0.2, 0.25) is 0 Å². The highest BCUT2D eigenvalue weighted by Gasteiger charge is 2.29. The van der Waals surface area contributed by atoms with E-state index in [1.807, 2.05) is 5.38 Å². The van der Waals surface area contributed by atoms with Crippen molar-refractivity contribution in [1.82, 2.24) is 15.2 Å². The van der Waals surface area contributed by atoms with E-state index < -0.39 is 6.17 Å². The Morgan fingerprint density at radius 2 is 2.53 bits per heavy atom. The zero-order valence-corrected chi connectivity index (χ0v) is 8.97. The second kappa shape index (κ2) is 4.57. The molecule has 0 atom stereocenters. The maximum atomic E-state index is 12.4. The molecule has 0 aliphatic carbocycles. The molecule has 82 valence electrons. The van der Waals surface area contributed by atoms with E-state index in [0.29, 0.717) is 6.54 Å². The topological polar surface area (TPSA) is 45.2 Å². The van der Waals surface area contributed by atoms with Crippen molar-refractivity contribution in [1.29, 1.82) is 0 Å². The molecule has 4 nitrogen and oxygen atoms in total. The monoisotopic (exact) mass is 229 g/mol. The third-order valence-electron chi connectivity index (χ3n) is 2.22. The molecule has 2 heterocycles. The summed E-state index contributed by atoms with van der Waals surface area (Å²) in [5.41, 5.74) is 0. The Hall–Kier alpha value is -1.17. The first kappa shape index (κ1) is 10.4. The number of aromatic nitrogens is 1. The average molecular weight is 229 g/mol.